The number of hydrogen-bond acceptors (Lipinski definition) is 4. The summed E-state index contributed by atoms with van der Waals surface area (Å²) in [6.45, 7) is 8.59. The van der Waals surface area contributed by atoms with E-state index < -0.39 is 0 Å². The number of nitrogens with zero attached hydrogens (tertiary/aromatic N) is 2. The molecule has 1 aromatic rings. The van der Waals surface area contributed by atoms with Crippen LogP contribution < -0.4 is 10.6 Å². The normalized spacial score (nSPS) is 21.4. The first-order valence-electron chi connectivity index (χ1n) is 7.27. The van der Waals surface area contributed by atoms with Crippen molar-refractivity contribution in [3.8, 4) is 0 Å². The molecule has 1 fully saturated rings. The van der Waals surface area contributed by atoms with E-state index >= 15 is 0 Å². The highest BCUT2D eigenvalue weighted by atomic mass is 35.5. The number of amides is 1. The standard InChI is InChI=1S/C14H24N4O2.ClH/c1-4-18-12(5-11(17-18)9(2)3)14(20)16-7-10-6-15-8-13(10)19;/h5,9-10,13,15,19H,4,6-8H2,1-3H3,(H,16,20);1H. The van der Waals surface area contributed by atoms with Crippen LogP contribution in [0, 0.1) is 5.92 Å². The predicted octanol–water partition coefficient (Wildman–Crippen LogP) is 0.758. The average Bonchev–Trinajstić information content (AvgIpc) is 3.02. The monoisotopic (exact) mass is 316 g/mol. The van der Waals surface area contributed by atoms with Gasteiger partial charge < -0.3 is 15.7 Å². The Balaban J connectivity index is 0.00000220. The van der Waals surface area contributed by atoms with Gasteiger partial charge >= 0.3 is 0 Å². The Kier molecular flexibility index (Phi) is 6.64. The van der Waals surface area contributed by atoms with E-state index in [-0.39, 0.29) is 30.3 Å². The van der Waals surface area contributed by atoms with Crippen molar-refractivity contribution < 1.29 is 9.90 Å². The van der Waals surface area contributed by atoms with Crippen LogP contribution in [0.25, 0.3) is 0 Å². The molecule has 0 aliphatic carbocycles. The largest absolute Gasteiger partial charge is 0.391 e. The van der Waals surface area contributed by atoms with Crippen molar-refractivity contribution in [3.05, 3.63) is 17.5 Å². The molecule has 1 saturated heterocycles. The van der Waals surface area contributed by atoms with Crippen molar-refractivity contribution in [2.45, 2.75) is 39.3 Å². The first-order chi connectivity index (χ1) is 9.52. The Bertz CT molecular complexity index is 476. The van der Waals surface area contributed by atoms with E-state index in [1.807, 2.05) is 13.0 Å². The van der Waals surface area contributed by atoms with E-state index in [1.165, 1.54) is 0 Å². The van der Waals surface area contributed by atoms with Crippen LogP contribution in [0.1, 0.15) is 42.9 Å². The fraction of sp³-hybridized carbons (Fsp3) is 0.714. The lowest BCUT2D eigenvalue weighted by Crippen LogP contribution is -2.35. The molecule has 0 radical (unpaired) electrons. The van der Waals surface area contributed by atoms with Gasteiger partial charge in [-0.3, -0.25) is 9.48 Å². The molecule has 1 amide bonds. The number of β-amino-alcohol motifs (C(OH)–C–C–N with tert-alkyl or cyclic N) is 1. The summed E-state index contributed by atoms with van der Waals surface area (Å²) in [7, 11) is 0. The van der Waals surface area contributed by atoms with Crippen LogP contribution in [-0.4, -0.2) is 46.5 Å². The molecule has 1 aromatic heterocycles. The van der Waals surface area contributed by atoms with Gasteiger partial charge in [-0.2, -0.15) is 5.10 Å². The molecule has 1 aliphatic heterocycles. The van der Waals surface area contributed by atoms with Gasteiger partial charge in [-0.1, -0.05) is 13.8 Å². The molecule has 120 valence electrons. The molecule has 3 N–H and O–H groups in total. The number of carbonyl (C=O) groups is 1. The first-order valence-corrected chi connectivity index (χ1v) is 7.27. The molecule has 0 aromatic carbocycles. The fourth-order valence-corrected chi connectivity index (χ4v) is 2.38. The molecule has 1 aliphatic rings. The molecule has 2 unspecified atom stereocenters. The van der Waals surface area contributed by atoms with Crippen molar-refractivity contribution in [2.24, 2.45) is 5.92 Å². The highest BCUT2D eigenvalue weighted by Gasteiger charge is 2.25. The van der Waals surface area contributed by atoms with Crippen LogP contribution >= 0.6 is 12.4 Å². The quantitative estimate of drug-likeness (QED) is 0.749. The van der Waals surface area contributed by atoms with Gasteiger partial charge in [0, 0.05) is 32.1 Å². The van der Waals surface area contributed by atoms with E-state index in [4.69, 9.17) is 0 Å². The average molecular weight is 317 g/mol. The van der Waals surface area contributed by atoms with Gasteiger partial charge in [0.15, 0.2) is 0 Å². The van der Waals surface area contributed by atoms with E-state index in [0.29, 0.717) is 31.2 Å². The highest BCUT2D eigenvalue weighted by Crippen LogP contribution is 2.15. The maximum atomic E-state index is 12.2. The molecule has 21 heavy (non-hydrogen) atoms. The molecule has 6 nitrogen and oxygen atoms in total. The lowest BCUT2D eigenvalue weighted by atomic mass is 10.1. The Morgan fingerprint density at radius 2 is 2.29 bits per heavy atom. The zero-order valence-corrected chi connectivity index (χ0v) is 13.6. The van der Waals surface area contributed by atoms with Gasteiger partial charge in [0.25, 0.3) is 5.91 Å². The Hall–Kier alpha value is -1.11. The number of nitrogens with one attached hydrogen (secondary N) is 2. The minimum atomic E-state index is -0.377. The molecule has 0 bridgehead atoms. The van der Waals surface area contributed by atoms with Crippen LogP contribution in [0.3, 0.4) is 0 Å². The van der Waals surface area contributed by atoms with Crippen molar-refractivity contribution in [3.63, 3.8) is 0 Å². The summed E-state index contributed by atoms with van der Waals surface area (Å²) in [5, 5.41) is 20.2. The van der Waals surface area contributed by atoms with Gasteiger partial charge in [0.05, 0.1) is 11.8 Å². The zero-order chi connectivity index (χ0) is 14.7. The van der Waals surface area contributed by atoms with E-state index in [2.05, 4.69) is 29.6 Å². The molecule has 2 rings (SSSR count). The number of hydrogen-bond donors (Lipinski definition) is 3. The molecule has 0 saturated carbocycles. The fourth-order valence-electron chi connectivity index (χ4n) is 2.38. The van der Waals surface area contributed by atoms with Crippen LogP contribution in [0.2, 0.25) is 0 Å². The summed E-state index contributed by atoms with van der Waals surface area (Å²) in [5.41, 5.74) is 1.52. The molecular formula is C14H25ClN4O2. The highest BCUT2D eigenvalue weighted by molar-refractivity contribution is 5.92. The van der Waals surface area contributed by atoms with Crippen LogP contribution in [0.5, 0.6) is 0 Å². The predicted molar refractivity (Wildman–Crippen MR) is 83.9 cm³/mol. The van der Waals surface area contributed by atoms with Crippen molar-refractivity contribution in [1.29, 1.82) is 0 Å². The molecule has 2 atom stereocenters. The third kappa shape index (κ3) is 4.18. The van der Waals surface area contributed by atoms with Crippen molar-refractivity contribution in [2.75, 3.05) is 19.6 Å². The summed E-state index contributed by atoms with van der Waals surface area (Å²) < 4.78 is 1.73. The maximum Gasteiger partial charge on any atom is 0.269 e. The minimum absolute atomic E-state index is 0. The summed E-state index contributed by atoms with van der Waals surface area (Å²) in [4.78, 5) is 12.2. The zero-order valence-electron chi connectivity index (χ0n) is 12.8. The van der Waals surface area contributed by atoms with E-state index in [1.54, 1.807) is 4.68 Å². The van der Waals surface area contributed by atoms with Gasteiger partial charge in [-0.15, -0.1) is 12.4 Å². The van der Waals surface area contributed by atoms with Gasteiger partial charge in [0.2, 0.25) is 0 Å². The van der Waals surface area contributed by atoms with E-state index in [9.17, 15) is 9.90 Å². The van der Waals surface area contributed by atoms with Crippen LogP contribution in [0.15, 0.2) is 6.07 Å². The summed E-state index contributed by atoms with van der Waals surface area (Å²) in [5.74, 6) is 0.266. The Morgan fingerprint density at radius 1 is 1.57 bits per heavy atom. The number of aliphatic hydroxyl groups is 1. The molecule has 7 heteroatoms. The maximum absolute atomic E-state index is 12.2. The molecule has 2 heterocycles. The van der Waals surface area contributed by atoms with Crippen molar-refractivity contribution >= 4 is 18.3 Å². The van der Waals surface area contributed by atoms with Crippen LogP contribution in [-0.2, 0) is 6.54 Å². The first kappa shape index (κ1) is 17.9. The Labute approximate surface area is 131 Å². The van der Waals surface area contributed by atoms with Crippen LogP contribution in [0.4, 0.5) is 0 Å². The summed E-state index contributed by atoms with van der Waals surface area (Å²) in [6.07, 6.45) is -0.377. The van der Waals surface area contributed by atoms with E-state index in [0.717, 1.165) is 12.2 Å². The number of aromatic nitrogens is 2. The third-order valence-corrected chi connectivity index (χ3v) is 3.75. The summed E-state index contributed by atoms with van der Waals surface area (Å²) >= 11 is 0. The lowest BCUT2D eigenvalue weighted by molar-refractivity contribution is 0.0916. The van der Waals surface area contributed by atoms with Crippen molar-refractivity contribution in [1.82, 2.24) is 20.4 Å². The number of aryl methyl sites for hydroxylation is 1. The second-order valence-electron chi connectivity index (χ2n) is 5.62. The SMILES string of the molecule is CCn1nc(C(C)C)cc1C(=O)NCC1CNCC1O.Cl. The number of rotatable bonds is 5. The minimum Gasteiger partial charge on any atom is -0.391 e. The van der Waals surface area contributed by atoms with Gasteiger partial charge in [-0.25, -0.2) is 0 Å². The topological polar surface area (TPSA) is 79.2 Å². The smallest absolute Gasteiger partial charge is 0.269 e. The molecular weight excluding hydrogens is 292 g/mol. The number of aliphatic hydroxyl groups excluding tert-OH is 1. The second kappa shape index (κ2) is 7.77. The second-order valence-corrected chi connectivity index (χ2v) is 5.62. The third-order valence-electron chi connectivity index (χ3n) is 3.75. The van der Waals surface area contributed by atoms with Gasteiger partial charge in [-0.05, 0) is 18.9 Å². The van der Waals surface area contributed by atoms with Gasteiger partial charge in [0.1, 0.15) is 5.69 Å². The number of carbonyl (C=O) groups excluding carboxylic acids is 1. The Morgan fingerprint density at radius 3 is 2.81 bits per heavy atom. The number of halogens is 1. The lowest BCUT2D eigenvalue weighted by Gasteiger charge is -2.14. The summed E-state index contributed by atoms with van der Waals surface area (Å²) in [6, 6.07) is 1.85. The molecule has 0 spiro atoms.